The van der Waals surface area contributed by atoms with Gasteiger partial charge in [0, 0.05) is 5.56 Å². The van der Waals surface area contributed by atoms with Gasteiger partial charge in [0.15, 0.2) is 16.7 Å². The maximum atomic E-state index is 13.7. The lowest BCUT2D eigenvalue weighted by Crippen LogP contribution is -1.97. The minimum atomic E-state index is -2.88. The molecule has 19 heavy (non-hydrogen) atoms. The van der Waals surface area contributed by atoms with Crippen molar-refractivity contribution in [1.29, 1.82) is 0 Å². The molecule has 0 spiro atoms. The number of alkyl halides is 2. The number of phenolic OH excluding ortho intramolecular Hbond substituents is 1. The van der Waals surface area contributed by atoms with E-state index < -0.39 is 28.8 Å². The Bertz CT molecular complexity index is 638. The van der Waals surface area contributed by atoms with Crippen LogP contribution < -0.4 is 0 Å². The van der Waals surface area contributed by atoms with Crippen LogP contribution in [0, 0.1) is 5.82 Å². The molecule has 3 nitrogen and oxygen atoms in total. The van der Waals surface area contributed by atoms with Crippen molar-refractivity contribution in [2.75, 3.05) is 0 Å². The monoisotopic (exact) mass is 308 g/mol. The average Bonchev–Trinajstić information content (AvgIpc) is 2.35. The van der Waals surface area contributed by atoms with E-state index in [2.05, 4.69) is 9.97 Å². The topological polar surface area (TPSA) is 46.0 Å². The summed E-state index contributed by atoms with van der Waals surface area (Å²) in [6, 6.07) is 2.48. The van der Waals surface area contributed by atoms with Crippen molar-refractivity contribution >= 4 is 23.2 Å². The van der Waals surface area contributed by atoms with Gasteiger partial charge in [0.2, 0.25) is 0 Å². The van der Waals surface area contributed by atoms with Crippen LogP contribution in [-0.2, 0) is 0 Å². The maximum absolute atomic E-state index is 13.7. The number of hydrogen-bond acceptors (Lipinski definition) is 3. The van der Waals surface area contributed by atoms with Crippen molar-refractivity contribution in [3.8, 4) is 17.0 Å². The highest BCUT2D eigenvalue weighted by Gasteiger charge is 2.19. The Kier molecular flexibility index (Phi) is 3.82. The first kappa shape index (κ1) is 13.9. The summed E-state index contributed by atoms with van der Waals surface area (Å²) in [4.78, 5) is 7.05. The van der Waals surface area contributed by atoms with Gasteiger partial charge < -0.3 is 5.11 Å². The number of hydrogen-bond donors (Lipinski definition) is 1. The molecular weight excluding hydrogens is 304 g/mol. The SMILES string of the molecule is Oc1c(Cl)ccc(-c2cnc(C(F)F)c(Cl)n2)c1F. The van der Waals surface area contributed by atoms with E-state index in [4.69, 9.17) is 23.2 Å². The van der Waals surface area contributed by atoms with Crippen LogP contribution in [0.1, 0.15) is 12.1 Å². The fourth-order valence-corrected chi connectivity index (χ4v) is 1.76. The first-order chi connectivity index (χ1) is 8.91. The highest BCUT2D eigenvalue weighted by molar-refractivity contribution is 6.32. The van der Waals surface area contributed by atoms with Crippen molar-refractivity contribution < 1.29 is 18.3 Å². The van der Waals surface area contributed by atoms with Crippen LogP contribution in [0.25, 0.3) is 11.3 Å². The Hall–Kier alpha value is -1.53. The van der Waals surface area contributed by atoms with E-state index in [1.807, 2.05) is 0 Å². The van der Waals surface area contributed by atoms with Gasteiger partial charge in [-0.05, 0) is 12.1 Å². The maximum Gasteiger partial charge on any atom is 0.283 e. The summed E-state index contributed by atoms with van der Waals surface area (Å²) >= 11 is 11.1. The molecule has 0 radical (unpaired) electrons. The summed E-state index contributed by atoms with van der Waals surface area (Å²) < 4.78 is 38.6. The number of phenols is 1. The molecule has 1 aromatic carbocycles. The molecule has 0 atom stereocenters. The van der Waals surface area contributed by atoms with E-state index >= 15 is 0 Å². The Balaban J connectivity index is 2.55. The molecule has 0 fully saturated rings. The highest BCUT2D eigenvalue weighted by atomic mass is 35.5. The summed E-state index contributed by atoms with van der Waals surface area (Å²) in [7, 11) is 0. The number of aromatic nitrogens is 2. The molecule has 8 heteroatoms. The quantitative estimate of drug-likeness (QED) is 0.903. The number of nitrogens with zero attached hydrogens (tertiary/aromatic N) is 2. The normalized spacial score (nSPS) is 11.1. The zero-order valence-electron chi connectivity index (χ0n) is 9.04. The molecule has 0 aliphatic rings. The largest absolute Gasteiger partial charge is 0.504 e. The Labute approximate surface area is 115 Å². The molecule has 1 aromatic heterocycles. The van der Waals surface area contributed by atoms with Gasteiger partial charge in [0.05, 0.1) is 16.9 Å². The van der Waals surface area contributed by atoms with Gasteiger partial charge in [-0.15, -0.1) is 0 Å². The Morgan fingerprint density at radius 2 is 1.89 bits per heavy atom. The molecule has 0 saturated heterocycles. The lowest BCUT2D eigenvalue weighted by Gasteiger charge is -2.07. The molecule has 1 heterocycles. The first-order valence-corrected chi connectivity index (χ1v) is 5.65. The fraction of sp³-hybridized carbons (Fsp3) is 0.0909. The van der Waals surface area contributed by atoms with Crippen molar-refractivity contribution in [3.05, 3.63) is 40.0 Å². The van der Waals surface area contributed by atoms with Gasteiger partial charge >= 0.3 is 0 Å². The molecule has 0 aliphatic carbocycles. The molecule has 100 valence electrons. The summed E-state index contributed by atoms with van der Waals surface area (Å²) in [5.41, 5.74) is -0.917. The van der Waals surface area contributed by atoms with E-state index in [-0.39, 0.29) is 16.3 Å². The first-order valence-electron chi connectivity index (χ1n) is 4.89. The molecule has 0 bridgehead atoms. The van der Waals surface area contributed by atoms with Crippen molar-refractivity contribution in [1.82, 2.24) is 9.97 Å². The molecule has 0 saturated carbocycles. The summed E-state index contributed by atoms with van der Waals surface area (Å²) in [5.74, 6) is -1.78. The molecule has 0 unspecified atom stereocenters. The third kappa shape index (κ3) is 2.59. The lowest BCUT2D eigenvalue weighted by atomic mass is 10.1. The van der Waals surface area contributed by atoms with Crippen LogP contribution in [0.3, 0.4) is 0 Å². The zero-order chi connectivity index (χ0) is 14.2. The van der Waals surface area contributed by atoms with Crippen LogP contribution >= 0.6 is 23.2 Å². The van der Waals surface area contributed by atoms with E-state index in [9.17, 15) is 18.3 Å². The second-order valence-corrected chi connectivity index (χ2v) is 4.25. The minimum Gasteiger partial charge on any atom is -0.504 e. The van der Waals surface area contributed by atoms with Crippen LogP contribution in [0.2, 0.25) is 10.2 Å². The lowest BCUT2D eigenvalue weighted by molar-refractivity contribution is 0.145. The number of aromatic hydroxyl groups is 1. The molecule has 2 aromatic rings. The van der Waals surface area contributed by atoms with Gasteiger partial charge in [-0.3, -0.25) is 0 Å². The summed E-state index contributed by atoms with van der Waals surface area (Å²) in [6.45, 7) is 0. The Morgan fingerprint density at radius 3 is 2.47 bits per heavy atom. The number of halogens is 5. The standard InChI is InChI=1S/C11H5Cl2F3N2O/c12-5-2-1-4(7(14)9(5)19)6-3-17-8(11(15)16)10(13)18-6/h1-3,11,19H. The van der Waals surface area contributed by atoms with Crippen LogP contribution in [-0.4, -0.2) is 15.1 Å². The second kappa shape index (κ2) is 5.22. The van der Waals surface area contributed by atoms with Gasteiger partial charge in [-0.25, -0.2) is 23.1 Å². The van der Waals surface area contributed by atoms with Gasteiger partial charge in [0.1, 0.15) is 5.69 Å². The predicted molar refractivity (Wildman–Crippen MR) is 64.1 cm³/mol. The van der Waals surface area contributed by atoms with E-state index in [1.54, 1.807) is 0 Å². The highest BCUT2D eigenvalue weighted by Crippen LogP contribution is 2.34. The van der Waals surface area contributed by atoms with Crippen LogP contribution in [0.15, 0.2) is 18.3 Å². The number of benzene rings is 1. The molecule has 1 N–H and O–H groups in total. The summed E-state index contributed by atoms with van der Waals surface area (Å²) in [6.07, 6.45) is -1.93. The smallest absolute Gasteiger partial charge is 0.283 e. The predicted octanol–water partition coefficient (Wildman–Crippen LogP) is 4.23. The average molecular weight is 309 g/mol. The third-order valence-corrected chi connectivity index (χ3v) is 2.89. The summed E-state index contributed by atoms with van der Waals surface area (Å²) in [5, 5.41) is 8.65. The minimum absolute atomic E-state index is 0.0844. The third-order valence-electron chi connectivity index (χ3n) is 2.31. The molecule has 0 aliphatic heterocycles. The van der Waals surface area contributed by atoms with Crippen molar-refractivity contribution in [2.45, 2.75) is 6.43 Å². The van der Waals surface area contributed by atoms with Gasteiger partial charge in [0.25, 0.3) is 6.43 Å². The second-order valence-electron chi connectivity index (χ2n) is 3.49. The van der Waals surface area contributed by atoms with Crippen molar-refractivity contribution in [3.63, 3.8) is 0 Å². The molecule has 0 amide bonds. The number of rotatable bonds is 2. The molecular formula is C11H5Cl2F3N2O. The Morgan fingerprint density at radius 1 is 1.21 bits per heavy atom. The van der Waals surface area contributed by atoms with Crippen LogP contribution in [0.5, 0.6) is 5.75 Å². The van der Waals surface area contributed by atoms with E-state index in [0.717, 1.165) is 6.20 Å². The van der Waals surface area contributed by atoms with E-state index in [0.29, 0.717) is 0 Å². The molecule has 2 rings (SSSR count). The van der Waals surface area contributed by atoms with Gasteiger partial charge in [-0.1, -0.05) is 23.2 Å². The zero-order valence-corrected chi connectivity index (χ0v) is 10.6. The van der Waals surface area contributed by atoms with Crippen LogP contribution in [0.4, 0.5) is 13.2 Å². The van der Waals surface area contributed by atoms with Gasteiger partial charge in [-0.2, -0.15) is 0 Å². The van der Waals surface area contributed by atoms with Crippen molar-refractivity contribution in [2.24, 2.45) is 0 Å². The fourth-order valence-electron chi connectivity index (χ4n) is 1.39. The van der Waals surface area contributed by atoms with E-state index in [1.165, 1.54) is 12.1 Å².